The minimum atomic E-state index is -1.04. The lowest BCUT2D eigenvalue weighted by Crippen LogP contribution is -2.16. The number of hydrogen-bond donors (Lipinski definition) is 2. The van der Waals surface area contributed by atoms with Gasteiger partial charge in [-0.25, -0.2) is 19.3 Å². The lowest BCUT2D eigenvalue weighted by molar-refractivity contribution is -0.117. The maximum absolute atomic E-state index is 12.8. The Morgan fingerprint density at radius 3 is 2.89 bits per heavy atom. The summed E-state index contributed by atoms with van der Waals surface area (Å²) in [4.78, 5) is 23.4. The van der Waals surface area contributed by atoms with Crippen molar-refractivity contribution in [1.82, 2.24) is 19.5 Å². The summed E-state index contributed by atoms with van der Waals surface area (Å²) in [5.74, 6) is 0.143. The van der Waals surface area contributed by atoms with Crippen LogP contribution in [0.25, 0.3) is 5.82 Å². The summed E-state index contributed by atoms with van der Waals surface area (Å²) in [6.45, 7) is 0. The molecule has 2 atom stereocenters. The van der Waals surface area contributed by atoms with Crippen LogP contribution in [0.3, 0.4) is 0 Å². The molecule has 1 aliphatic rings. The third kappa shape index (κ3) is 2.24. The molecule has 1 aliphatic carbocycles. The van der Waals surface area contributed by atoms with E-state index in [9.17, 15) is 9.18 Å². The number of carbonyl (C=O) groups is 1. The third-order valence-corrected chi connectivity index (χ3v) is 2.87. The fourth-order valence-corrected chi connectivity index (χ4v) is 1.71. The van der Waals surface area contributed by atoms with E-state index in [1.165, 1.54) is 12.5 Å². The van der Waals surface area contributed by atoms with Crippen molar-refractivity contribution in [1.29, 1.82) is 0 Å². The number of anilines is 2. The second-order valence-corrected chi connectivity index (χ2v) is 4.26. The molecular weight excluding hydrogens is 251 g/mol. The zero-order valence-electron chi connectivity index (χ0n) is 9.82. The molecule has 19 heavy (non-hydrogen) atoms. The Labute approximate surface area is 107 Å². The van der Waals surface area contributed by atoms with Crippen molar-refractivity contribution >= 4 is 17.7 Å². The number of nitrogens with zero attached hydrogens (tertiary/aromatic N) is 4. The van der Waals surface area contributed by atoms with E-state index in [2.05, 4.69) is 20.3 Å². The molecule has 2 heterocycles. The highest BCUT2D eigenvalue weighted by molar-refractivity contribution is 5.94. The highest BCUT2D eigenvalue weighted by Gasteiger charge is 2.43. The van der Waals surface area contributed by atoms with E-state index in [1.807, 2.05) is 0 Å². The Morgan fingerprint density at radius 1 is 1.47 bits per heavy atom. The fourth-order valence-electron chi connectivity index (χ4n) is 1.71. The number of halogens is 1. The van der Waals surface area contributed by atoms with E-state index in [4.69, 9.17) is 5.73 Å². The van der Waals surface area contributed by atoms with Crippen LogP contribution in [0.2, 0.25) is 0 Å². The van der Waals surface area contributed by atoms with Gasteiger partial charge in [-0.05, 0) is 6.42 Å². The molecule has 1 saturated carbocycles. The molecule has 7 nitrogen and oxygen atoms in total. The fraction of sp³-hybridized carbons (Fsp3) is 0.273. The molecule has 1 amide bonds. The van der Waals surface area contributed by atoms with Gasteiger partial charge in [0.2, 0.25) is 11.9 Å². The topological polar surface area (TPSA) is 98.7 Å². The van der Waals surface area contributed by atoms with Gasteiger partial charge in [0, 0.05) is 18.5 Å². The quantitative estimate of drug-likeness (QED) is 0.841. The van der Waals surface area contributed by atoms with E-state index >= 15 is 0 Å². The number of alkyl halides is 1. The van der Waals surface area contributed by atoms with Crippen molar-refractivity contribution in [3.63, 3.8) is 0 Å². The first-order valence-electron chi connectivity index (χ1n) is 5.71. The molecule has 0 radical (unpaired) electrons. The molecule has 3 rings (SSSR count). The average molecular weight is 262 g/mol. The number of rotatable bonds is 3. The van der Waals surface area contributed by atoms with Gasteiger partial charge in [-0.2, -0.15) is 0 Å². The summed E-state index contributed by atoms with van der Waals surface area (Å²) >= 11 is 0. The summed E-state index contributed by atoms with van der Waals surface area (Å²) in [6.07, 6.45) is 3.71. The van der Waals surface area contributed by atoms with E-state index < -0.39 is 12.1 Å². The molecule has 0 unspecified atom stereocenters. The molecule has 98 valence electrons. The first-order valence-corrected chi connectivity index (χ1v) is 5.71. The predicted molar refractivity (Wildman–Crippen MR) is 65.2 cm³/mol. The first-order chi connectivity index (χ1) is 9.15. The van der Waals surface area contributed by atoms with Crippen LogP contribution >= 0.6 is 0 Å². The van der Waals surface area contributed by atoms with Crippen molar-refractivity contribution in [2.24, 2.45) is 5.92 Å². The largest absolute Gasteiger partial charge is 0.369 e. The average Bonchev–Trinajstić information content (AvgIpc) is 2.96. The summed E-state index contributed by atoms with van der Waals surface area (Å²) in [5.41, 5.74) is 5.65. The standard InChI is InChI=1S/C11H11FN6O/c12-7-3-6(7)10(19)17-8-4-9(16-5-15-8)18-2-1-14-11(18)13/h1-2,4-7H,3H2,(H2,13,14)(H,15,16,17,19)/t6-,7+/m1/s1. The zero-order chi connectivity index (χ0) is 13.4. The molecular formula is C11H11FN6O. The van der Waals surface area contributed by atoms with Crippen molar-refractivity contribution in [3.05, 3.63) is 24.8 Å². The second-order valence-electron chi connectivity index (χ2n) is 4.26. The number of nitrogens with two attached hydrogens (primary N) is 1. The molecule has 1 fully saturated rings. The number of nitrogens with one attached hydrogen (secondary N) is 1. The van der Waals surface area contributed by atoms with Gasteiger partial charge in [0.1, 0.15) is 24.1 Å². The van der Waals surface area contributed by atoms with Gasteiger partial charge in [-0.15, -0.1) is 0 Å². The van der Waals surface area contributed by atoms with Crippen molar-refractivity contribution in [3.8, 4) is 5.82 Å². The van der Waals surface area contributed by atoms with Gasteiger partial charge in [0.25, 0.3) is 0 Å². The molecule has 0 aromatic carbocycles. The predicted octanol–water partition coefficient (Wildman–Crippen LogP) is 0.541. The van der Waals surface area contributed by atoms with Crippen LogP contribution in [-0.4, -0.2) is 31.6 Å². The number of amides is 1. The van der Waals surface area contributed by atoms with E-state index in [1.54, 1.807) is 16.8 Å². The number of aromatic nitrogens is 4. The van der Waals surface area contributed by atoms with E-state index in [0.29, 0.717) is 11.6 Å². The van der Waals surface area contributed by atoms with Gasteiger partial charge in [-0.1, -0.05) is 0 Å². The van der Waals surface area contributed by atoms with Crippen LogP contribution in [0.15, 0.2) is 24.8 Å². The molecule has 0 saturated heterocycles. The number of hydrogen-bond acceptors (Lipinski definition) is 5. The summed E-state index contributed by atoms with van der Waals surface area (Å²) in [5, 5.41) is 2.55. The van der Waals surface area contributed by atoms with Crippen LogP contribution in [0.5, 0.6) is 0 Å². The second kappa shape index (κ2) is 4.30. The van der Waals surface area contributed by atoms with Crippen LogP contribution in [0.4, 0.5) is 16.2 Å². The minimum absolute atomic E-state index is 0.276. The zero-order valence-corrected chi connectivity index (χ0v) is 9.82. The van der Waals surface area contributed by atoms with Crippen molar-refractivity contribution in [2.45, 2.75) is 12.6 Å². The minimum Gasteiger partial charge on any atom is -0.369 e. The number of imidazole rings is 1. The Kier molecular flexibility index (Phi) is 2.62. The summed E-state index contributed by atoms with van der Waals surface area (Å²) < 4.78 is 14.3. The number of nitrogen functional groups attached to an aromatic ring is 1. The molecule has 8 heteroatoms. The first kappa shape index (κ1) is 11.6. The van der Waals surface area contributed by atoms with Crippen molar-refractivity contribution < 1.29 is 9.18 Å². The normalized spacial score (nSPS) is 21.1. The number of carbonyl (C=O) groups excluding carboxylic acids is 1. The van der Waals surface area contributed by atoms with Crippen LogP contribution in [0.1, 0.15) is 6.42 Å². The third-order valence-electron chi connectivity index (χ3n) is 2.87. The SMILES string of the molecule is Nc1nccn1-c1cc(NC(=O)[C@@H]2C[C@@H]2F)ncn1. The Morgan fingerprint density at radius 2 is 2.26 bits per heavy atom. The highest BCUT2D eigenvalue weighted by Crippen LogP contribution is 2.34. The lowest BCUT2D eigenvalue weighted by Gasteiger charge is -2.06. The summed E-state index contributed by atoms with van der Waals surface area (Å²) in [7, 11) is 0. The molecule has 2 aromatic rings. The van der Waals surface area contributed by atoms with Crippen LogP contribution in [0, 0.1) is 5.92 Å². The van der Waals surface area contributed by atoms with Gasteiger partial charge >= 0.3 is 0 Å². The van der Waals surface area contributed by atoms with Gasteiger partial charge < -0.3 is 11.1 Å². The van der Waals surface area contributed by atoms with E-state index in [0.717, 1.165) is 0 Å². The Bertz CT molecular complexity index is 627. The Hall–Kier alpha value is -2.51. The molecule has 0 bridgehead atoms. The molecule has 2 aromatic heterocycles. The lowest BCUT2D eigenvalue weighted by atomic mass is 10.4. The van der Waals surface area contributed by atoms with Gasteiger partial charge in [-0.3, -0.25) is 9.36 Å². The summed E-state index contributed by atoms with van der Waals surface area (Å²) in [6, 6.07) is 1.55. The monoisotopic (exact) mass is 262 g/mol. The molecule has 0 spiro atoms. The van der Waals surface area contributed by atoms with Crippen molar-refractivity contribution in [2.75, 3.05) is 11.1 Å². The van der Waals surface area contributed by atoms with Gasteiger partial charge in [0.05, 0.1) is 5.92 Å². The van der Waals surface area contributed by atoms with Crippen LogP contribution in [-0.2, 0) is 4.79 Å². The highest BCUT2D eigenvalue weighted by atomic mass is 19.1. The van der Waals surface area contributed by atoms with Gasteiger partial charge in [0.15, 0.2) is 0 Å². The van der Waals surface area contributed by atoms with Crippen LogP contribution < -0.4 is 11.1 Å². The maximum Gasteiger partial charge on any atom is 0.231 e. The maximum atomic E-state index is 12.8. The van der Waals surface area contributed by atoms with E-state index in [-0.39, 0.29) is 18.3 Å². The smallest absolute Gasteiger partial charge is 0.231 e. The molecule has 0 aliphatic heterocycles. The Balaban J connectivity index is 1.80. The molecule has 3 N–H and O–H groups in total.